The molecule has 0 saturated carbocycles. The van der Waals surface area contributed by atoms with E-state index in [1.165, 1.54) is 0 Å². The first-order valence-corrected chi connectivity index (χ1v) is 12.2. The Morgan fingerprint density at radius 1 is 1.03 bits per heavy atom. The topological polar surface area (TPSA) is 87.7 Å². The van der Waals surface area contributed by atoms with E-state index in [0.717, 1.165) is 11.1 Å². The fourth-order valence-corrected chi connectivity index (χ4v) is 4.49. The highest BCUT2D eigenvalue weighted by atomic mass is 35.5. The third kappa shape index (κ3) is 6.56. The SMILES string of the molecule is Cc1ccccc1CNC(=O)[C@@H]1CC(=O)N(c2ccc(OCC(=O)Nc3cc(Cl)cc(Cl)c3)cc2)C1. The average Bonchev–Trinajstić information content (AvgIpc) is 3.23. The first-order chi connectivity index (χ1) is 17.3. The summed E-state index contributed by atoms with van der Waals surface area (Å²) in [6.07, 6.45) is 0.158. The van der Waals surface area contributed by atoms with Crippen LogP contribution in [0.5, 0.6) is 5.75 Å². The summed E-state index contributed by atoms with van der Waals surface area (Å²) in [5.74, 6) is -0.564. The van der Waals surface area contributed by atoms with Gasteiger partial charge in [0.25, 0.3) is 5.91 Å². The zero-order valence-electron chi connectivity index (χ0n) is 19.6. The molecule has 0 unspecified atom stereocenters. The number of benzene rings is 3. The minimum Gasteiger partial charge on any atom is -0.484 e. The highest BCUT2D eigenvalue weighted by Crippen LogP contribution is 2.27. The fraction of sp³-hybridized carbons (Fsp3) is 0.222. The van der Waals surface area contributed by atoms with Crippen molar-refractivity contribution in [2.75, 3.05) is 23.4 Å². The molecular weight excluding hydrogens is 501 g/mol. The Bertz CT molecular complexity index is 1260. The maximum Gasteiger partial charge on any atom is 0.262 e. The number of nitrogens with one attached hydrogen (secondary N) is 2. The van der Waals surface area contributed by atoms with Crippen molar-refractivity contribution in [3.8, 4) is 5.75 Å². The maximum absolute atomic E-state index is 12.7. The molecular formula is C27H25Cl2N3O4. The van der Waals surface area contributed by atoms with Crippen LogP contribution in [0, 0.1) is 12.8 Å². The van der Waals surface area contributed by atoms with Crippen LogP contribution in [0.2, 0.25) is 10.0 Å². The highest BCUT2D eigenvalue weighted by molar-refractivity contribution is 6.35. The van der Waals surface area contributed by atoms with E-state index in [9.17, 15) is 14.4 Å². The van der Waals surface area contributed by atoms with Gasteiger partial charge in [0, 0.05) is 40.9 Å². The molecule has 0 bridgehead atoms. The number of ether oxygens (including phenoxy) is 1. The van der Waals surface area contributed by atoms with E-state index in [2.05, 4.69) is 10.6 Å². The fourth-order valence-electron chi connectivity index (χ4n) is 3.96. The van der Waals surface area contributed by atoms with Crippen LogP contribution in [-0.2, 0) is 20.9 Å². The number of anilines is 2. The highest BCUT2D eigenvalue weighted by Gasteiger charge is 2.35. The van der Waals surface area contributed by atoms with Crippen molar-refractivity contribution in [1.82, 2.24) is 5.32 Å². The van der Waals surface area contributed by atoms with Gasteiger partial charge in [0.2, 0.25) is 11.8 Å². The van der Waals surface area contributed by atoms with Crippen LogP contribution in [0.25, 0.3) is 0 Å². The van der Waals surface area contributed by atoms with Gasteiger partial charge < -0.3 is 20.3 Å². The summed E-state index contributed by atoms with van der Waals surface area (Å²) in [6.45, 7) is 2.52. The Balaban J connectivity index is 1.28. The number of nitrogens with zero attached hydrogens (tertiary/aromatic N) is 1. The molecule has 1 aliphatic heterocycles. The minimum atomic E-state index is -0.416. The minimum absolute atomic E-state index is 0.112. The molecule has 4 rings (SSSR count). The maximum atomic E-state index is 12.7. The molecule has 1 atom stereocenters. The quantitative estimate of drug-likeness (QED) is 0.433. The van der Waals surface area contributed by atoms with E-state index >= 15 is 0 Å². The molecule has 3 amide bonds. The summed E-state index contributed by atoms with van der Waals surface area (Å²) >= 11 is 11.9. The van der Waals surface area contributed by atoms with Gasteiger partial charge in [-0.2, -0.15) is 0 Å². The number of halogens is 2. The van der Waals surface area contributed by atoms with Crippen molar-refractivity contribution in [1.29, 1.82) is 0 Å². The van der Waals surface area contributed by atoms with Gasteiger partial charge in [-0.15, -0.1) is 0 Å². The molecule has 3 aromatic carbocycles. The number of hydrogen-bond acceptors (Lipinski definition) is 4. The van der Waals surface area contributed by atoms with E-state index in [1.54, 1.807) is 47.4 Å². The van der Waals surface area contributed by atoms with E-state index in [4.69, 9.17) is 27.9 Å². The van der Waals surface area contributed by atoms with Crippen LogP contribution >= 0.6 is 23.2 Å². The van der Waals surface area contributed by atoms with Crippen molar-refractivity contribution in [3.05, 3.63) is 87.9 Å². The molecule has 9 heteroatoms. The second-order valence-electron chi connectivity index (χ2n) is 8.54. The van der Waals surface area contributed by atoms with E-state index in [1.807, 2.05) is 31.2 Å². The summed E-state index contributed by atoms with van der Waals surface area (Å²) in [5, 5.41) is 6.44. The van der Waals surface area contributed by atoms with Gasteiger partial charge in [-0.1, -0.05) is 47.5 Å². The lowest BCUT2D eigenvalue weighted by atomic mass is 10.1. The number of rotatable bonds is 8. The molecule has 36 heavy (non-hydrogen) atoms. The molecule has 1 fully saturated rings. The third-order valence-corrected chi connectivity index (χ3v) is 6.31. The van der Waals surface area contributed by atoms with Crippen molar-refractivity contribution >= 4 is 52.3 Å². The van der Waals surface area contributed by atoms with Gasteiger partial charge in [-0.05, 0) is 60.5 Å². The summed E-state index contributed by atoms with van der Waals surface area (Å²) in [6, 6.07) is 19.4. The normalized spacial score (nSPS) is 15.0. The molecule has 2 N–H and O–H groups in total. The van der Waals surface area contributed by atoms with Crippen LogP contribution in [0.1, 0.15) is 17.5 Å². The van der Waals surface area contributed by atoms with Crippen LogP contribution in [0.15, 0.2) is 66.7 Å². The smallest absolute Gasteiger partial charge is 0.262 e. The summed E-state index contributed by atoms with van der Waals surface area (Å²) in [7, 11) is 0. The summed E-state index contributed by atoms with van der Waals surface area (Å²) in [4.78, 5) is 39.0. The molecule has 0 aromatic heterocycles. The zero-order chi connectivity index (χ0) is 25.7. The molecule has 1 heterocycles. The molecule has 3 aromatic rings. The van der Waals surface area contributed by atoms with Crippen LogP contribution in [-0.4, -0.2) is 30.9 Å². The lowest BCUT2D eigenvalue weighted by molar-refractivity contribution is -0.126. The molecule has 0 aliphatic carbocycles. The lowest BCUT2D eigenvalue weighted by Crippen LogP contribution is -2.32. The molecule has 1 saturated heterocycles. The van der Waals surface area contributed by atoms with Gasteiger partial charge in [0.1, 0.15) is 5.75 Å². The molecule has 0 radical (unpaired) electrons. The van der Waals surface area contributed by atoms with Crippen LogP contribution in [0.3, 0.4) is 0 Å². The van der Waals surface area contributed by atoms with Crippen molar-refractivity contribution < 1.29 is 19.1 Å². The molecule has 1 aliphatic rings. The predicted molar refractivity (Wildman–Crippen MR) is 141 cm³/mol. The molecule has 0 spiro atoms. The first-order valence-electron chi connectivity index (χ1n) is 11.4. The number of carbonyl (C=O) groups excluding carboxylic acids is 3. The average molecular weight is 526 g/mol. The van der Waals surface area contributed by atoms with Crippen molar-refractivity contribution in [2.45, 2.75) is 19.9 Å². The standard InChI is InChI=1S/C27H25Cl2N3O4/c1-17-4-2-3-5-18(17)14-30-27(35)19-10-26(34)32(15-19)23-6-8-24(9-7-23)36-16-25(33)31-22-12-20(28)11-21(29)13-22/h2-9,11-13,19H,10,14-16H2,1H3,(H,30,35)(H,31,33)/t19-/m1/s1. The van der Waals surface area contributed by atoms with Crippen molar-refractivity contribution in [2.24, 2.45) is 5.92 Å². The van der Waals surface area contributed by atoms with E-state index in [-0.39, 0.29) is 30.7 Å². The monoisotopic (exact) mass is 525 g/mol. The Hall–Kier alpha value is -3.55. The number of aryl methyl sites for hydroxylation is 1. The Kier molecular flexibility index (Phi) is 8.13. The molecule has 186 valence electrons. The summed E-state index contributed by atoms with van der Waals surface area (Å²) in [5.41, 5.74) is 3.30. The van der Waals surface area contributed by atoms with Gasteiger partial charge in [0.05, 0.1) is 5.92 Å². The van der Waals surface area contributed by atoms with Crippen molar-refractivity contribution in [3.63, 3.8) is 0 Å². The predicted octanol–water partition coefficient (Wildman–Crippen LogP) is 4.99. The first kappa shape index (κ1) is 25.5. The van der Waals surface area contributed by atoms with Gasteiger partial charge in [-0.3, -0.25) is 14.4 Å². The lowest BCUT2D eigenvalue weighted by Gasteiger charge is -2.17. The van der Waals surface area contributed by atoms with Gasteiger partial charge in [0.15, 0.2) is 6.61 Å². The van der Waals surface area contributed by atoms with Gasteiger partial charge >= 0.3 is 0 Å². The number of amides is 3. The number of hydrogen-bond donors (Lipinski definition) is 2. The Morgan fingerprint density at radius 2 is 1.72 bits per heavy atom. The third-order valence-electron chi connectivity index (χ3n) is 5.87. The largest absolute Gasteiger partial charge is 0.484 e. The zero-order valence-corrected chi connectivity index (χ0v) is 21.1. The second kappa shape index (κ2) is 11.5. The summed E-state index contributed by atoms with van der Waals surface area (Å²) < 4.78 is 5.54. The Morgan fingerprint density at radius 3 is 2.42 bits per heavy atom. The van der Waals surface area contributed by atoms with Gasteiger partial charge in [-0.25, -0.2) is 0 Å². The molecule has 7 nitrogen and oxygen atoms in total. The number of carbonyl (C=O) groups is 3. The van der Waals surface area contributed by atoms with Crippen LogP contribution < -0.4 is 20.3 Å². The van der Waals surface area contributed by atoms with E-state index in [0.29, 0.717) is 40.3 Å². The van der Waals surface area contributed by atoms with Crippen LogP contribution in [0.4, 0.5) is 11.4 Å². The van der Waals surface area contributed by atoms with E-state index < -0.39 is 5.92 Å². The Labute approximate surface area is 219 Å². The second-order valence-corrected chi connectivity index (χ2v) is 9.41.